The fraction of sp³-hybridized carbons (Fsp3) is 0.154. The third-order valence-corrected chi connectivity index (χ3v) is 6.88. The summed E-state index contributed by atoms with van der Waals surface area (Å²) in [5.41, 5.74) is 1.51. The van der Waals surface area contributed by atoms with Crippen LogP contribution in [0.5, 0.6) is 17.2 Å². The monoisotopic (exact) mass is 573 g/mol. The Balaban J connectivity index is 1.46. The zero-order valence-corrected chi connectivity index (χ0v) is 21.9. The van der Waals surface area contributed by atoms with Crippen molar-refractivity contribution in [3.8, 4) is 17.2 Å². The minimum absolute atomic E-state index is 0.119. The highest BCUT2D eigenvalue weighted by Gasteiger charge is 2.35. The smallest absolute Gasteiger partial charge is 0.293 e. The summed E-state index contributed by atoms with van der Waals surface area (Å²) >= 11 is 10.6. The van der Waals surface area contributed by atoms with Gasteiger partial charge in [-0.2, -0.15) is 0 Å². The van der Waals surface area contributed by atoms with E-state index in [1.807, 2.05) is 42.5 Å². The molecule has 1 aliphatic heterocycles. The Morgan fingerprint density at radius 1 is 0.971 bits per heavy atom. The molecule has 1 saturated heterocycles. The fourth-order valence-corrected chi connectivity index (χ4v) is 4.78. The van der Waals surface area contributed by atoms with E-state index in [1.54, 1.807) is 37.5 Å². The second kappa shape index (κ2) is 11.7. The standard InChI is InChI=1S/C26H21BrClNO5S/c1-32-22-8-4-5-9-23(22)33-13-12-29-25(30)24(35-26(29)31)15-18-14-19(27)10-11-21(18)34-16-17-6-2-3-7-20(17)28/h2-11,14-15H,12-13,16H2,1H3/b24-15-. The summed E-state index contributed by atoms with van der Waals surface area (Å²) in [5.74, 6) is 1.33. The molecule has 3 aromatic rings. The van der Waals surface area contributed by atoms with Crippen molar-refractivity contribution in [2.24, 2.45) is 0 Å². The van der Waals surface area contributed by atoms with Crippen molar-refractivity contribution in [1.29, 1.82) is 0 Å². The van der Waals surface area contributed by atoms with Crippen molar-refractivity contribution in [3.63, 3.8) is 0 Å². The molecule has 2 amide bonds. The molecular weight excluding hydrogens is 554 g/mol. The van der Waals surface area contributed by atoms with Gasteiger partial charge in [0, 0.05) is 20.6 Å². The van der Waals surface area contributed by atoms with Gasteiger partial charge in [0.15, 0.2) is 11.5 Å². The number of nitrogens with zero attached hydrogens (tertiary/aromatic N) is 1. The zero-order valence-electron chi connectivity index (χ0n) is 18.7. The summed E-state index contributed by atoms with van der Waals surface area (Å²) < 4.78 is 17.8. The predicted octanol–water partition coefficient (Wildman–Crippen LogP) is 6.81. The number of thioether (sulfide) groups is 1. The van der Waals surface area contributed by atoms with Gasteiger partial charge < -0.3 is 14.2 Å². The van der Waals surface area contributed by atoms with Crippen LogP contribution in [0.15, 0.2) is 76.1 Å². The van der Waals surface area contributed by atoms with Gasteiger partial charge in [-0.1, -0.05) is 57.9 Å². The number of hydrogen-bond donors (Lipinski definition) is 0. The Morgan fingerprint density at radius 2 is 1.71 bits per heavy atom. The molecule has 0 spiro atoms. The molecule has 1 heterocycles. The Morgan fingerprint density at radius 3 is 2.49 bits per heavy atom. The molecule has 1 aliphatic rings. The molecule has 0 N–H and O–H groups in total. The number of benzene rings is 3. The Bertz CT molecular complexity index is 1280. The van der Waals surface area contributed by atoms with Crippen molar-refractivity contribution < 1.29 is 23.8 Å². The van der Waals surface area contributed by atoms with E-state index in [2.05, 4.69) is 15.9 Å². The van der Waals surface area contributed by atoms with E-state index in [9.17, 15) is 9.59 Å². The minimum atomic E-state index is -0.374. The van der Waals surface area contributed by atoms with Gasteiger partial charge in [0.2, 0.25) is 0 Å². The van der Waals surface area contributed by atoms with Crippen molar-refractivity contribution in [2.45, 2.75) is 6.61 Å². The first kappa shape index (κ1) is 25.2. The predicted molar refractivity (Wildman–Crippen MR) is 141 cm³/mol. The number of para-hydroxylation sites is 2. The van der Waals surface area contributed by atoms with Crippen LogP contribution in [0, 0.1) is 0 Å². The van der Waals surface area contributed by atoms with E-state index in [-0.39, 0.29) is 30.9 Å². The third kappa shape index (κ3) is 6.20. The molecule has 1 fully saturated rings. The van der Waals surface area contributed by atoms with Crippen LogP contribution >= 0.6 is 39.3 Å². The Hall–Kier alpha value is -2.94. The average molecular weight is 575 g/mol. The summed E-state index contributed by atoms with van der Waals surface area (Å²) in [5, 5.41) is 0.265. The molecule has 180 valence electrons. The maximum atomic E-state index is 13.0. The number of rotatable bonds is 9. The third-order valence-electron chi connectivity index (χ3n) is 5.11. The van der Waals surface area contributed by atoms with Crippen LogP contribution in [0.1, 0.15) is 11.1 Å². The van der Waals surface area contributed by atoms with E-state index in [4.69, 9.17) is 25.8 Å². The summed E-state index contributed by atoms with van der Waals surface area (Å²) in [4.78, 5) is 27.0. The van der Waals surface area contributed by atoms with Crippen LogP contribution in [0.2, 0.25) is 5.02 Å². The lowest BCUT2D eigenvalue weighted by Gasteiger charge is -2.14. The van der Waals surface area contributed by atoms with Gasteiger partial charge in [0.1, 0.15) is 19.0 Å². The fourth-order valence-electron chi connectivity index (χ4n) is 3.35. The highest BCUT2D eigenvalue weighted by Crippen LogP contribution is 2.35. The molecule has 4 rings (SSSR count). The van der Waals surface area contributed by atoms with E-state index >= 15 is 0 Å². The van der Waals surface area contributed by atoms with Gasteiger partial charge in [0.05, 0.1) is 18.6 Å². The maximum Gasteiger partial charge on any atom is 0.293 e. The van der Waals surface area contributed by atoms with Crippen molar-refractivity contribution in [2.75, 3.05) is 20.3 Å². The Kier molecular flexibility index (Phi) is 8.38. The second-order valence-electron chi connectivity index (χ2n) is 7.39. The van der Waals surface area contributed by atoms with Gasteiger partial charge >= 0.3 is 0 Å². The number of methoxy groups -OCH3 is 1. The first-order valence-electron chi connectivity index (χ1n) is 10.6. The Labute approximate surface area is 220 Å². The second-order valence-corrected chi connectivity index (χ2v) is 9.71. The lowest BCUT2D eigenvalue weighted by atomic mass is 10.1. The van der Waals surface area contributed by atoms with Crippen LogP contribution < -0.4 is 14.2 Å². The van der Waals surface area contributed by atoms with Crippen LogP contribution in [0.3, 0.4) is 0 Å². The van der Waals surface area contributed by atoms with Gasteiger partial charge in [-0.15, -0.1) is 0 Å². The summed E-state index contributed by atoms with van der Waals surface area (Å²) in [6, 6.07) is 20.1. The molecule has 35 heavy (non-hydrogen) atoms. The lowest BCUT2D eigenvalue weighted by molar-refractivity contribution is -0.123. The number of halogens is 2. The quantitative estimate of drug-likeness (QED) is 0.262. The average Bonchev–Trinajstić information content (AvgIpc) is 3.12. The molecule has 0 aromatic heterocycles. The normalized spacial score (nSPS) is 14.5. The number of imide groups is 1. The van der Waals surface area contributed by atoms with E-state index in [1.165, 1.54) is 4.90 Å². The summed E-state index contributed by atoms with van der Waals surface area (Å²) in [7, 11) is 1.55. The van der Waals surface area contributed by atoms with Crippen LogP contribution in [0.25, 0.3) is 6.08 Å². The van der Waals surface area contributed by atoms with Crippen molar-refractivity contribution in [3.05, 3.63) is 92.3 Å². The molecule has 9 heteroatoms. The van der Waals surface area contributed by atoms with Crippen molar-refractivity contribution >= 4 is 56.5 Å². The van der Waals surface area contributed by atoms with E-state index in [0.717, 1.165) is 21.8 Å². The maximum absolute atomic E-state index is 13.0. The highest BCUT2D eigenvalue weighted by atomic mass is 79.9. The molecule has 0 aliphatic carbocycles. The first-order valence-corrected chi connectivity index (χ1v) is 12.6. The molecule has 6 nitrogen and oxygen atoms in total. The van der Waals surface area contributed by atoms with Crippen molar-refractivity contribution in [1.82, 2.24) is 4.90 Å². The molecule has 0 radical (unpaired) electrons. The van der Waals surface area contributed by atoms with Gasteiger partial charge in [-0.3, -0.25) is 14.5 Å². The number of carbonyl (C=O) groups is 2. The van der Waals surface area contributed by atoms with Crippen LogP contribution in [-0.2, 0) is 11.4 Å². The largest absolute Gasteiger partial charge is 0.493 e. The number of ether oxygens (including phenoxy) is 3. The zero-order chi connectivity index (χ0) is 24.8. The number of carbonyl (C=O) groups excluding carboxylic acids is 2. The number of hydrogen-bond acceptors (Lipinski definition) is 6. The number of amides is 2. The minimum Gasteiger partial charge on any atom is -0.493 e. The molecule has 0 unspecified atom stereocenters. The molecule has 0 bridgehead atoms. The summed E-state index contributed by atoms with van der Waals surface area (Å²) in [6.45, 7) is 0.535. The topological polar surface area (TPSA) is 65.1 Å². The molecule has 0 saturated carbocycles. The SMILES string of the molecule is COc1ccccc1OCCN1C(=O)S/C(=C\c2cc(Br)ccc2OCc2ccccc2Cl)C1=O. The van der Waals surface area contributed by atoms with E-state index < -0.39 is 0 Å². The molecular formula is C26H21BrClNO5S. The van der Waals surface area contributed by atoms with Gasteiger partial charge in [0.25, 0.3) is 11.1 Å². The highest BCUT2D eigenvalue weighted by molar-refractivity contribution is 9.10. The van der Waals surface area contributed by atoms with Crippen LogP contribution in [0.4, 0.5) is 4.79 Å². The molecule has 3 aromatic carbocycles. The van der Waals surface area contributed by atoms with Crippen LogP contribution in [-0.4, -0.2) is 36.3 Å². The molecule has 0 atom stereocenters. The van der Waals surface area contributed by atoms with Gasteiger partial charge in [-0.25, -0.2) is 0 Å². The summed E-state index contributed by atoms with van der Waals surface area (Å²) in [6.07, 6.45) is 1.67. The van der Waals surface area contributed by atoms with E-state index in [0.29, 0.717) is 32.7 Å². The van der Waals surface area contributed by atoms with Gasteiger partial charge in [-0.05, 0) is 54.2 Å². The lowest BCUT2D eigenvalue weighted by Crippen LogP contribution is -2.32. The first-order chi connectivity index (χ1) is 17.0.